The number of benzene rings is 2. The molecular weight excluding hydrogens is 374 g/mol. The summed E-state index contributed by atoms with van der Waals surface area (Å²) in [5.74, 6) is 0.121. The van der Waals surface area contributed by atoms with Gasteiger partial charge in [0.05, 0.1) is 0 Å². The van der Waals surface area contributed by atoms with Gasteiger partial charge in [-0.25, -0.2) is 0 Å². The minimum Gasteiger partial charge on any atom is -0.343 e. The Morgan fingerprint density at radius 2 is 1.75 bits per heavy atom. The average molecular weight is 402 g/mol. The summed E-state index contributed by atoms with van der Waals surface area (Å²) in [5, 5.41) is 6.25. The summed E-state index contributed by atoms with van der Waals surface area (Å²) in [4.78, 5) is 26.3. The molecule has 0 aliphatic carbocycles. The van der Waals surface area contributed by atoms with Crippen molar-refractivity contribution in [2.24, 2.45) is 0 Å². The van der Waals surface area contributed by atoms with E-state index >= 15 is 0 Å². The fourth-order valence-corrected chi connectivity index (χ4v) is 3.22. The lowest BCUT2D eigenvalue weighted by Gasteiger charge is -2.15. The van der Waals surface area contributed by atoms with Crippen molar-refractivity contribution in [3.05, 3.63) is 65.2 Å². The molecule has 0 spiro atoms. The molecule has 2 N–H and O–H groups in total. The highest BCUT2D eigenvalue weighted by molar-refractivity contribution is 6.04. The van der Waals surface area contributed by atoms with Crippen LogP contribution in [0.4, 0.5) is 5.69 Å². The maximum Gasteiger partial charge on any atom is 0.255 e. The van der Waals surface area contributed by atoms with Crippen LogP contribution in [0.3, 0.4) is 0 Å². The molecule has 2 aromatic rings. The van der Waals surface area contributed by atoms with Gasteiger partial charge < -0.3 is 15.5 Å². The largest absolute Gasteiger partial charge is 0.343 e. The Kier molecular flexibility index (Phi) is 8.48. The van der Waals surface area contributed by atoms with E-state index in [1.54, 1.807) is 0 Å². The number of nitrogens with zero attached hydrogens (tertiary/aromatic N) is 1. The lowest BCUT2D eigenvalue weighted by atomic mass is 10.1. The van der Waals surface area contributed by atoms with Gasteiger partial charge in [-0.05, 0) is 49.6 Å². The van der Waals surface area contributed by atoms with Gasteiger partial charge in [-0.1, -0.05) is 29.8 Å². The van der Waals surface area contributed by atoms with Crippen LogP contribution in [0.15, 0.2) is 48.5 Å². The van der Waals surface area contributed by atoms with E-state index in [-0.39, 0.29) is 24.2 Å². The molecule has 2 amide bonds. The van der Waals surface area contributed by atoms with Gasteiger partial charge in [0, 0.05) is 43.9 Å². The van der Waals surface area contributed by atoms with Crippen LogP contribution in [0.2, 0.25) is 0 Å². The smallest absolute Gasteiger partial charge is 0.255 e. The highest BCUT2D eigenvalue weighted by atomic mass is 35.5. The number of hydrogen-bond donors (Lipinski definition) is 2. The topological polar surface area (TPSA) is 61.4 Å². The number of anilines is 1. The molecule has 0 bridgehead atoms. The van der Waals surface area contributed by atoms with Crippen LogP contribution in [0.25, 0.3) is 0 Å². The van der Waals surface area contributed by atoms with E-state index in [2.05, 4.69) is 10.6 Å². The number of amides is 2. The van der Waals surface area contributed by atoms with Gasteiger partial charge in [-0.2, -0.15) is 0 Å². The number of carbonyl (C=O) groups excluding carboxylic acids is 2. The second kappa shape index (κ2) is 10.8. The van der Waals surface area contributed by atoms with Crippen molar-refractivity contribution < 1.29 is 9.59 Å². The molecule has 1 aliphatic heterocycles. The van der Waals surface area contributed by atoms with Crippen molar-refractivity contribution in [3.8, 4) is 0 Å². The Balaban J connectivity index is 0.00000280. The summed E-state index contributed by atoms with van der Waals surface area (Å²) in [6, 6.07) is 15.3. The molecule has 0 unspecified atom stereocenters. The third-order valence-corrected chi connectivity index (χ3v) is 4.80. The van der Waals surface area contributed by atoms with Gasteiger partial charge in [0.25, 0.3) is 5.91 Å². The standard InChI is InChI=1S/C22H27N3O2.ClH/c1-17-7-9-19(10-8-17)22(27)24-20-6-4-5-18(15-20)16-23-12-11-21(26)25-13-2-3-14-25;/h4-10,15,23H,2-3,11-14,16H2,1H3,(H,24,27);1H. The number of hydrogen-bond acceptors (Lipinski definition) is 3. The lowest BCUT2D eigenvalue weighted by molar-refractivity contribution is -0.130. The fraction of sp³-hybridized carbons (Fsp3) is 0.364. The molecule has 28 heavy (non-hydrogen) atoms. The molecule has 0 radical (unpaired) electrons. The molecular formula is C22H28ClN3O2. The molecule has 6 heteroatoms. The first-order chi connectivity index (χ1) is 13.1. The first kappa shape index (κ1) is 21.9. The number of aryl methyl sites for hydroxylation is 1. The molecule has 0 saturated carbocycles. The van der Waals surface area contributed by atoms with E-state index in [0.29, 0.717) is 25.1 Å². The van der Waals surface area contributed by atoms with E-state index in [0.717, 1.165) is 42.7 Å². The minimum absolute atomic E-state index is 0. The van der Waals surface area contributed by atoms with Gasteiger partial charge in [0.2, 0.25) is 5.91 Å². The monoisotopic (exact) mass is 401 g/mol. The van der Waals surface area contributed by atoms with Gasteiger partial charge in [-0.3, -0.25) is 9.59 Å². The van der Waals surface area contributed by atoms with Crippen LogP contribution in [-0.4, -0.2) is 36.3 Å². The Morgan fingerprint density at radius 3 is 2.46 bits per heavy atom. The van der Waals surface area contributed by atoms with Crippen LogP contribution in [-0.2, 0) is 11.3 Å². The van der Waals surface area contributed by atoms with Crippen LogP contribution in [0.1, 0.15) is 40.7 Å². The van der Waals surface area contributed by atoms with Crippen molar-refractivity contribution >= 4 is 29.9 Å². The third-order valence-electron chi connectivity index (χ3n) is 4.80. The van der Waals surface area contributed by atoms with Crippen LogP contribution in [0, 0.1) is 6.92 Å². The molecule has 1 heterocycles. The minimum atomic E-state index is -0.115. The Hall–Kier alpha value is -2.37. The number of halogens is 1. The molecule has 1 fully saturated rings. The molecule has 2 aromatic carbocycles. The zero-order valence-electron chi connectivity index (χ0n) is 16.2. The average Bonchev–Trinajstić information content (AvgIpc) is 3.21. The van der Waals surface area contributed by atoms with E-state index in [1.165, 1.54) is 0 Å². The van der Waals surface area contributed by atoms with Crippen molar-refractivity contribution in [2.45, 2.75) is 32.7 Å². The lowest BCUT2D eigenvalue weighted by Crippen LogP contribution is -2.30. The van der Waals surface area contributed by atoms with Crippen LogP contribution < -0.4 is 10.6 Å². The molecule has 1 saturated heterocycles. The molecule has 0 aromatic heterocycles. The molecule has 150 valence electrons. The van der Waals surface area contributed by atoms with Crippen LogP contribution >= 0.6 is 12.4 Å². The SMILES string of the molecule is Cc1ccc(C(=O)Nc2cccc(CNCCC(=O)N3CCCC3)c2)cc1.Cl. The maximum absolute atomic E-state index is 12.3. The number of carbonyl (C=O) groups is 2. The highest BCUT2D eigenvalue weighted by Crippen LogP contribution is 2.13. The van der Waals surface area contributed by atoms with Crippen LogP contribution in [0.5, 0.6) is 0 Å². The summed E-state index contributed by atoms with van der Waals surface area (Å²) in [6.45, 7) is 5.14. The van der Waals surface area contributed by atoms with Crippen molar-refractivity contribution in [3.63, 3.8) is 0 Å². The zero-order valence-corrected chi connectivity index (χ0v) is 17.1. The number of likely N-dealkylation sites (tertiary alicyclic amines) is 1. The molecule has 1 aliphatic rings. The third kappa shape index (κ3) is 6.36. The Bertz CT molecular complexity index is 787. The molecule has 5 nitrogen and oxygen atoms in total. The van der Waals surface area contributed by atoms with Crippen molar-refractivity contribution in [1.82, 2.24) is 10.2 Å². The van der Waals surface area contributed by atoms with Gasteiger partial charge in [0.1, 0.15) is 0 Å². The predicted octanol–water partition coefficient (Wildman–Crippen LogP) is 3.77. The molecule has 0 atom stereocenters. The summed E-state index contributed by atoms with van der Waals surface area (Å²) < 4.78 is 0. The van der Waals surface area contributed by atoms with Crippen molar-refractivity contribution in [1.29, 1.82) is 0 Å². The van der Waals surface area contributed by atoms with Crippen molar-refractivity contribution in [2.75, 3.05) is 25.0 Å². The second-order valence-electron chi connectivity index (χ2n) is 7.04. The van der Waals surface area contributed by atoms with E-state index in [4.69, 9.17) is 0 Å². The normalized spacial score (nSPS) is 13.1. The number of rotatable bonds is 7. The summed E-state index contributed by atoms with van der Waals surface area (Å²) in [7, 11) is 0. The number of nitrogens with one attached hydrogen (secondary N) is 2. The van der Waals surface area contributed by atoms with E-state index in [9.17, 15) is 9.59 Å². The van der Waals surface area contributed by atoms with Gasteiger partial charge in [-0.15, -0.1) is 12.4 Å². The van der Waals surface area contributed by atoms with Gasteiger partial charge >= 0.3 is 0 Å². The van der Waals surface area contributed by atoms with Gasteiger partial charge in [0.15, 0.2) is 0 Å². The van der Waals surface area contributed by atoms with E-state index < -0.39 is 0 Å². The zero-order chi connectivity index (χ0) is 19.1. The quantitative estimate of drug-likeness (QED) is 0.694. The molecule has 3 rings (SSSR count). The van der Waals surface area contributed by atoms with E-state index in [1.807, 2.05) is 60.4 Å². The summed E-state index contributed by atoms with van der Waals surface area (Å²) in [5.41, 5.74) is 3.62. The first-order valence-electron chi connectivity index (χ1n) is 9.57. The highest BCUT2D eigenvalue weighted by Gasteiger charge is 2.16. The summed E-state index contributed by atoms with van der Waals surface area (Å²) in [6.07, 6.45) is 2.78. The Morgan fingerprint density at radius 1 is 1.04 bits per heavy atom. The maximum atomic E-state index is 12.3. The first-order valence-corrected chi connectivity index (χ1v) is 9.57. The predicted molar refractivity (Wildman–Crippen MR) is 115 cm³/mol. The Labute approximate surface area is 172 Å². The summed E-state index contributed by atoms with van der Waals surface area (Å²) >= 11 is 0. The second-order valence-corrected chi connectivity index (χ2v) is 7.04. The fourth-order valence-electron chi connectivity index (χ4n) is 3.22.